The SMILES string of the molecule is O=C(NCC=Cc1ccc(C(F)(F)F)cc1CO)OCC1c2ccccc2-c2ccccc21. The van der Waals surface area contributed by atoms with Gasteiger partial charge in [0.2, 0.25) is 0 Å². The second-order valence-corrected chi connectivity index (χ2v) is 7.68. The predicted octanol–water partition coefficient (Wildman–Crippen LogP) is 5.75. The Hall–Kier alpha value is -3.58. The van der Waals surface area contributed by atoms with Gasteiger partial charge in [0.25, 0.3) is 0 Å². The first-order valence-electron chi connectivity index (χ1n) is 10.4. The van der Waals surface area contributed by atoms with E-state index in [0.717, 1.165) is 34.4 Å². The number of carbonyl (C=O) groups excluding carboxylic acids is 1. The lowest BCUT2D eigenvalue weighted by molar-refractivity contribution is -0.137. The summed E-state index contributed by atoms with van der Waals surface area (Å²) in [6, 6.07) is 19.2. The molecule has 1 aliphatic rings. The Morgan fingerprint density at radius 2 is 1.64 bits per heavy atom. The number of aliphatic hydroxyl groups is 1. The summed E-state index contributed by atoms with van der Waals surface area (Å²) in [5.74, 6) is -0.0436. The Balaban J connectivity index is 1.33. The van der Waals surface area contributed by atoms with E-state index in [2.05, 4.69) is 17.4 Å². The molecule has 0 unspecified atom stereocenters. The average molecular weight is 453 g/mol. The van der Waals surface area contributed by atoms with E-state index < -0.39 is 24.4 Å². The quantitative estimate of drug-likeness (QED) is 0.500. The first-order valence-corrected chi connectivity index (χ1v) is 10.4. The van der Waals surface area contributed by atoms with Gasteiger partial charge in [0.1, 0.15) is 6.61 Å². The summed E-state index contributed by atoms with van der Waals surface area (Å²) in [5.41, 5.74) is 4.29. The maximum Gasteiger partial charge on any atom is 0.416 e. The van der Waals surface area contributed by atoms with Crippen LogP contribution in [0, 0.1) is 0 Å². The van der Waals surface area contributed by atoms with Crippen molar-refractivity contribution < 1.29 is 27.8 Å². The van der Waals surface area contributed by atoms with E-state index in [1.54, 1.807) is 12.2 Å². The lowest BCUT2D eigenvalue weighted by Gasteiger charge is -2.14. The number of hydrogen-bond acceptors (Lipinski definition) is 3. The number of ether oxygens (including phenoxy) is 1. The highest BCUT2D eigenvalue weighted by Gasteiger charge is 2.31. The fourth-order valence-corrected chi connectivity index (χ4v) is 4.06. The maximum atomic E-state index is 12.8. The van der Waals surface area contributed by atoms with E-state index in [4.69, 9.17) is 4.74 Å². The van der Waals surface area contributed by atoms with Crippen molar-refractivity contribution in [2.24, 2.45) is 0 Å². The Labute approximate surface area is 189 Å². The number of amides is 1. The minimum Gasteiger partial charge on any atom is -0.449 e. The molecule has 0 spiro atoms. The topological polar surface area (TPSA) is 58.6 Å². The molecular formula is C26H22F3NO3. The highest BCUT2D eigenvalue weighted by atomic mass is 19.4. The number of alkyl halides is 3. The molecule has 0 fully saturated rings. The van der Waals surface area contributed by atoms with Crippen molar-refractivity contribution in [3.8, 4) is 11.1 Å². The van der Waals surface area contributed by atoms with Crippen molar-refractivity contribution in [1.29, 1.82) is 0 Å². The zero-order valence-electron chi connectivity index (χ0n) is 17.6. The largest absolute Gasteiger partial charge is 0.449 e. The molecule has 3 aromatic carbocycles. The summed E-state index contributed by atoms with van der Waals surface area (Å²) in [6.45, 7) is -0.205. The minimum atomic E-state index is -4.47. The van der Waals surface area contributed by atoms with Crippen LogP contribution in [-0.2, 0) is 17.5 Å². The van der Waals surface area contributed by atoms with Crippen LogP contribution in [0.5, 0.6) is 0 Å². The van der Waals surface area contributed by atoms with E-state index in [9.17, 15) is 23.1 Å². The van der Waals surface area contributed by atoms with Gasteiger partial charge in [-0.05, 0) is 45.5 Å². The zero-order valence-corrected chi connectivity index (χ0v) is 17.6. The molecule has 0 radical (unpaired) electrons. The highest BCUT2D eigenvalue weighted by Crippen LogP contribution is 2.44. The van der Waals surface area contributed by atoms with Crippen LogP contribution in [-0.4, -0.2) is 24.4 Å². The van der Waals surface area contributed by atoms with Crippen LogP contribution in [0.25, 0.3) is 17.2 Å². The summed E-state index contributed by atoms with van der Waals surface area (Å²) in [4.78, 5) is 12.2. The van der Waals surface area contributed by atoms with Crippen molar-refractivity contribution in [2.45, 2.75) is 18.7 Å². The van der Waals surface area contributed by atoms with Crippen LogP contribution in [0.2, 0.25) is 0 Å². The van der Waals surface area contributed by atoms with Crippen LogP contribution >= 0.6 is 0 Å². The monoisotopic (exact) mass is 453 g/mol. The van der Waals surface area contributed by atoms with Crippen LogP contribution in [0.1, 0.15) is 33.7 Å². The normalized spacial score (nSPS) is 13.1. The first kappa shape index (κ1) is 22.6. The fourth-order valence-electron chi connectivity index (χ4n) is 4.06. The van der Waals surface area contributed by atoms with Crippen molar-refractivity contribution in [2.75, 3.05) is 13.2 Å². The average Bonchev–Trinajstić information content (AvgIpc) is 3.13. The van der Waals surface area contributed by atoms with Crippen LogP contribution < -0.4 is 5.32 Å². The third-order valence-electron chi connectivity index (χ3n) is 5.65. The zero-order chi connectivity index (χ0) is 23.4. The lowest BCUT2D eigenvalue weighted by atomic mass is 9.98. The fraction of sp³-hybridized carbons (Fsp3) is 0.192. The highest BCUT2D eigenvalue weighted by molar-refractivity contribution is 5.79. The van der Waals surface area contributed by atoms with Gasteiger partial charge in [0.05, 0.1) is 12.2 Å². The van der Waals surface area contributed by atoms with Crippen molar-refractivity contribution in [3.05, 3.63) is 101 Å². The number of benzene rings is 3. The molecule has 0 atom stereocenters. The second kappa shape index (κ2) is 9.50. The van der Waals surface area contributed by atoms with Crippen molar-refractivity contribution in [1.82, 2.24) is 5.32 Å². The van der Waals surface area contributed by atoms with Gasteiger partial charge in [0, 0.05) is 12.5 Å². The molecule has 7 heteroatoms. The van der Waals surface area contributed by atoms with Gasteiger partial charge >= 0.3 is 12.3 Å². The lowest BCUT2D eigenvalue weighted by Crippen LogP contribution is -2.26. The smallest absolute Gasteiger partial charge is 0.416 e. The summed E-state index contributed by atoms with van der Waals surface area (Å²) in [5, 5.41) is 12.0. The molecule has 0 aliphatic heterocycles. The minimum absolute atomic E-state index is 0.0436. The van der Waals surface area contributed by atoms with E-state index in [1.165, 1.54) is 6.07 Å². The number of carbonyl (C=O) groups is 1. The molecule has 0 heterocycles. The number of alkyl carbamates (subject to hydrolysis) is 1. The van der Waals surface area contributed by atoms with E-state index >= 15 is 0 Å². The number of fused-ring (bicyclic) bond motifs is 3. The van der Waals surface area contributed by atoms with Crippen LogP contribution in [0.15, 0.2) is 72.8 Å². The second-order valence-electron chi connectivity index (χ2n) is 7.68. The molecule has 4 nitrogen and oxygen atoms in total. The third kappa shape index (κ3) is 4.93. The van der Waals surface area contributed by atoms with Gasteiger partial charge in [-0.25, -0.2) is 4.79 Å². The molecular weight excluding hydrogens is 431 g/mol. The number of aliphatic hydroxyl groups excluding tert-OH is 1. The van der Waals surface area contributed by atoms with Crippen molar-refractivity contribution in [3.63, 3.8) is 0 Å². The van der Waals surface area contributed by atoms with E-state index in [-0.39, 0.29) is 24.6 Å². The number of hydrogen-bond donors (Lipinski definition) is 2. The first-order chi connectivity index (χ1) is 15.9. The molecule has 0 bridgehead atoms. The van der Waals surface area contributed by atoms with Gasteiger partial charge in [-0.1, -0.05) is 66.7 Å². The predicted molar refractivity (Wildman–Crippen MR) is 119 cm³/mol. The van der Waals surface area contributed by atoms with Gasteiger partial charge in [-0.15, -0.1) is 0 Å². The Bertz CT molecular complexity index is 1140. The Morgan fingerprint density at radius 3 is 2.24 bits per heavy atom. The van der Waals surface area contributed by atoms with Crippen LogP contribution in [0.4, 0.5) is 18.0 Å². The van der Waals surface area contributed by atoms with E-state index in [0.29, 0.717) is 5.56 Å². The summed E-state index contributed by atoms with van der Waals surface area (Å²) in [7, 11) is 0. The standard InChI is InChI=1S/C26H22F3NO3/c27-26(28,29)19-12-11-17(18(14-19)15-31)6-5-13-30-25(32)33-16-24-22-9-3-1-7-20(22)21-8-2-4-10-23(21)24/h1-12,14,24,31H,13,15-16H2,(H,30,32). The summed E-state index contributed by atoms with van der Waals surface area (Å²) >= 11 is 0. The Morgan fingerprint density at radius 1 is 1.00 bits per heavy atom. The number of nitrogens with one attached hydrogen (secondary N) is 1. The van der Waals surface area contributed by atoms with Crippen molar-refractivity contribution >= 4 is 12.2 Å². The van der Waals surface area contributed by atoms with Gasteiger partial charge in [-0.2, -0.15) is 13.2 Å². The third-order valence-corrected chi connectivity index (χ3v) is 5.65. The van der Waals surface area contributed by atoms with Crippen LogP contribution in [0.3, 0.4) is 0 Å². The molecule has 170 valence electrons. The van der Waals surface area contributed by atoms with Gasteiger partial charge in [-0.3, -0.25) is 0 Å². The molecule has 1 amide bonds. The molecule has 4 rings (SSSR count). The maximum absolute atomic E-state index is 12.8. The molecule has 0 aromatic heterocycles. The summed E-state index contributed by atoms with van der Waals surface area (Å²) < 4.78 is 43.9. The summed E-state index contributed by atoms with van der Waals surface area (Å²) in [6.07, 6.45) is -1.92. The molecule has 33 heavy (non-hydrogen) atoms. The molecule has 2 N–H and O–H groups in total. The molecule has 0 saturated carbocycles. The number of rotatable bonds is 6. The molecule has 3 aromatic rings. The molecule has 0 saturated heterocycles. The Kier molecular flexibility index (Phi) is 6.51. The number of halogens is 3. The molecule has 1 aliphatic carbocycles. The van der Waals surface area contributed by atoms with Gasteiger partial charge in [0.15, 0.2) is 0 Å². The van der Waals surface area contributed by atoms with Gasteiger partial charge < -0.3 is 15.2 Å². The van der Waals surface area contributed by atoms with E-state index in [1.807, 2.05) is 36.4 Å².